The predicted octanol–water partition coefficient (Wildman–Crippen LogP) is 1.75. The molecule has 192 valence electrons. The molecule has 2 bridgehead atoms. The van der Waals surface area contributed by atoms with E-state index in [4.69, 9.17) is 14.3 Å². The van der Waals surface area contributed by atoms with Gasteiger partial charge in [-0.1, -0.05) is 6.07 Å². The topological polar surface area (TPSA) is 123 Å². The Morgan fingerprint density at radius 3 is 2.72 bits per heavy atom. The van der Waals surface area contributed by atoms with Crippen LogP contribution in [0.25, 0.3) is 0 Å². The van der Waals surface area contributed by atoms with Crippen molar-refractivity contribution in [3.05, 3.63) is 23.3 Å². The van der Waals surface area contributed by atoms with Gasteiger partial charge in [0.15, 0.2) is 11.5 Å². The number of likely N-dealkylation sites (tertiary alicyclic amines) is 1. The van der Waals surface area contributed by atoms with Crippen LogP contribution >= 0.6 is 0 Å². The number of hydroxylamine groups is 2. The van der Waals surface area contributed by atoms with E-state index in [1.54, 1.807) is 6.07 Å². The number of imide groups is 1. The molecule has 3 aliphatic heterocycles. The quantitative estimate of drug-likeness (QED) is 0.462. The Kier molecular flexibility index (Phi) is 5.47. The van der Waals surface area contributed by atoms with Crippen molar-refractivity contribution in [1.29, 1.82) is 0 Å². The highest BCUT2D eigenvalue weighted by molar-refractivity contribution is 6.01. The van der Waals surface area contributed by atoms with Crippen LogP contribution in [-0.2, 0) is 40.6 Å². The maximum Gasteiger partial charge on any atom is 0.333 e. The summed E-state index contributed by atoms with van der Waals surface area (Å²) in [5.41, 5.74) is 1.94. The molecule has 0 aromatic heterocycles. The van der Waals surface area contributed by atoms with Crippen LogP contribution in [0.4, 0.5) is 0 Å². The number of nitrogens with zero attached hydrogens (tertiary/aromatic N) is 2. The number of amides is 2. The molecule has 5 atom stereocenters. The third-order valence-electron chi connectivity index (χ3n) is 8.72. The van der Waals surface area contributed by atoms with Gasteiger partial charge in [-0.2, -0.15) is 0 Å². The van der Waals surface area contributed by atoms with Gasteiger partial charge in [0.2, 0.25) is 0 Å². The van der Waals surface area contributed by atoms with Gasteiger partial charge >= 0.3 is 11.9 Å². The number of benzene rings is 1. The zero-order valence-electron chi connectivity index (χ0n) is 20.2. The number of hydrogen-bond acceptors (Lipinski definition) is 9. The fourth-order valence-corrected chi connectivity index (χ4v) is 7.42. The Morgan fingerprint density at radius 2 is 1.97 bits per heavy atom. The van der Waals surface area contributed by atoms with E-state index < -0.39 is 17.8 Å². The Bertz CT molecular complexity index is 1130. The average molecular weight is 499 g/mol. The first kappa shape index (κ1) is 23.3. The van der Waals surface area contributed by atoms with Crippen molar-refractivity contribution < 1.29 is 38.6 Å². The standard InChI is InChI=1S/C26H30N2O8/c1-14(29)34-19-7-5-16-17-13-15-4-6-18(30)24-23(15)26(16,25(19)35-24)10-12-27(17)11-2-3-22(33)36-28-20(31)8-9-21(28)32/h4,6,16-17,19,25,30H,2-3,5,7-13H2,1H3/t16?,17?,19-,25-,26?/m0/s1. The van der Waals surface area contributed by atoms with Gasteiger partial charge in [0, 0.05) is 43.2 Å². The second kappa shape index (κ2) is 8.47. The molecular weight excluding hydrogens is 468 g/mol. The molecule has 3 fully saturated rings. The van der Waals surface area contributed by atoms with E-state index in [2.05, 4.69) is 4.90 Å². The molecule has 6 rings (SSSR count). The van der Waals surface area contributed by atoms with E-state index in [9.17, 15) is 24.3 Å². The Hall–Kier alpha value is -3.14. The second-order valence-corrected chi connectivity index (χ2v) is 10.6. The maximum atomic E-state index is 12.3. The summed E-state index contributed by atoms with van der Waals surface area (Å²) in [5.74, 6) is -0.891. The number of phenols is 1. The summed E-state index contributed by atoms with van der Waals surface area (Å²) in [6.07, 6.45) is 3.37. The lowest BCUT2D eigenvalue weighted by atomic mass is 9.51. The zero-order chi connectivity index (χ0) is 25.2. The number of piperidine rings is 1. The summed E-state index contributed by atoms with van der Waals surface area (Å²) in [7, 11) is 0. The molecule has 10 heteroatoms. The number of aromatic hydroxyl groups is 1. The number of carbonyl (C=O) groups excluding carboxylic acids is 4. The lowest BCUT2D eigenvalue weighted by molar-refractivity contribution is -0.197. The van der Waals surface area contributed by atoms with Crippen LogP contribution in [0.2, 0.25) is 0 Å². The molecule has 10 nitrogen and oxygen atoms in total. The summed E-state index contributed by atoms with van der Waals surface area (Å²) in [5, 5.41) is 11.2. The van der Waals surface area contributed by atoms with Crippen LogP contribution < -0.4 is 4.74 Å². The van der Waals surface area contributed by atoms with Gasteiger partial charge in [0.05, 0.1) is 0 Å². The molecule has 5 aliphatic rings. The van der Waals surface area contributed by atoms with Crippen LogP contribution in [0.15, 0.2) is 12.1 Å². The molecule has 2 amide bonds. The van der Waals surface area contributed by atoms with E-state index in [1.165, 1.54) is 6.92 Å². The number of phenolic OH excluding ortho intramolecular Hbond substituents is 1. The molecule has 3 unspecified atom stereocenters. The Balaban J connectivity index is 1.19. The van der Waals surface area contributed by atoms with Crippen LogP contribution in [0.5, 0.6) is 11.5 Å². The van der Waals surface area contributed by atoms with Crippen LogP contribution in [0.1, 0.15) is 63.0 Å². The average Bonchev–Trinajstić information content (AvgIpc) is 3.35. The molecule has 1 saturated carbocycles. The van der Waals surface area contributed by atoms with Gasteiger partial charge in [-0.15, -0.1) is 5.06 Å². The summed E-state index contributed by atoms with van der Waals surface area (Å²) >= 11 is 0. The Morgan fingerprint density at radius 1 is 1.19 bits per heavy atom. The number of esters is 1. The molecule has 1 aromatic carbocycles. The molecule has 36 heavy (non-hydrogen) atoms. The maximum absolute atomic E-state index is 12.3. The minimum absolute atomic E-state index is 0.0781. The van der Waals surface area contributed by atoms with Crippen LogP contribution in [0, 0.1) is 5.92 Å². The second-order valence-electron chi connectivity index (χ2n) is 10.6. The summed E-state index contributed by atoms with van der Waals surface area (Å²) in [4.78, 5) is 54.9. The summed E-state index contributed by atoms with van der Waals surface area (Å²) < 4.78 is 12.1. The lowest BCUT2D eigenvalue weighted by Crippen LogP contribution is -2.67. The zero-order valence-corrected chi connectivity index (χ0v) is 20.2. The molecule has 2 aliphatic carbocycles. The summed E-state index contributed by atoms with van der Waals surface area (Å²) in [6.45, 7) is 2.90. The van der Waals surface area contributed by atoms with Crippen molar-refractivity contribution in [3.8, 4) is 11.5 Å². The first-order chi connectivity index (χ1) is 17.3. The van der Waals surface area contributed by atoms with Gasteiger partial charge in [-0.25, -0.2) is 4.79 Å². The smallest absolute Gasteiger partial charge is 0.333 e. The molecule has 3 heterocycles. The van der Waals surface area contributed by atoms with Crippen molar-refractivity contribution in [1.82, 2.24) is 9.96 Å². The highest BCUT2D eigenvalue weighted by Crippen LogP contribution is 2.64. The fourth-order valence-electron chi connectivity index (χ4n) is 7.42. The van der Waals surface area contributed by atoms with Crippen LogP contribution in [-0.4, -0.2) is 70.2 Å². The highest BCUT2D eigenvalue weighted by atomic mass is 16.7. The van der Waals surface area contributed by atoms with Crippen molar-refractivity contribution in [2.75, 3.05) is 13.1 Å². The number of ether oxygens (including phenoxy) is 2. The van der Waals surface area contributed by atoms with E-state index in [-0.39, 0.29) is 60.6 Å². The molecule has 2 saturated heterocycles. The summed E-state index contributed by atoms with van der Waals surface area (Å²) in [6, 6.07) is 3.90. The third kappa shape index (κ3) is 3.41. The van der Waals surface area contributed by atoms with E-state index in [0.717, 1.165) is 36.9 Å². The van der Waals surface area contributed by atoms with E-state index in [0.29, 0.717) is 30.2 Å². The molecular formula is C26H30N2O8. The monoisotopic (exact) mass is 498 g/mol. The van der Waals surface area contributed by atoms with Gasteiger partial charge in [-0.05, 0) is 62.7 Å². The van der Waals surface area contributed by atoms with Crippen molar-refractivity contribution in [3.63, 3.8) is 0 Å². The van der Waals surface area contributed by atoms with Gasteiger partial charge < -0.3 is 19.4 Å². The van der Waals surface area contributed by atoms with Gasteiger partial charge in [0.1, 0.15) is 12.2 Å². The predicted molar refractivity (Wildman–Crippen MR) is 123 cm³/mol. The molecule has 1 N–H and O–H groups in total. The van der Waals surface area contributed by atoms with Crippen LogP contribution in [0.3, 0.4) is 0 Å². The molecule has 0 radical (unpaired) electrons. The number of carbonyl (C=O) groups is 4. The lowest BCUT2D eigenvalue weighted by Gasteiger charge is -2.59. The minimum Gasteiger partial charge on any atom is -0.504 e. The fraction of sp³-hybridized carbons (Fsp3) is 0.615. The van der Waals surface area contributed by atoms with Crippen molar-refractivity contribution in [2.45, 2.75) is 82.0 Å². The van der Waals surface area contributed by atoms with Gasteiger partial charge in [-0.3, -0.25) is 19.3 Å². The first-order valence-electron chi connectivity index (χ1n) is 12.8. The normalized spacial score (nSPS) is 32.2. The highest BCUT2D eigenvalue weighted by Gasteiger charge is 2.66. The van der Waals surface area contributed by atoms with Gasteiger partial charge in [0.25, 0.3) is 11.8 Å². The minimum atomic E-state index is -0.577. The van der Waals surface area contributed by atoms with E-state index >= 15 is 0 Å². The molecule has 1 spiro atoms. The molecule has 1 aromatic rings. The Labute approximate surface area is 208 Å². The van der Waals surface area contributed by atoms with Crippen molar-refractivity contribution >= 4 is 23.8 Å². The SMILES string of the molecule is CC(=O)O[C@H]1CCC2C3Cc4ccc(O)c5c4C2(CCN3CCCC(=O)ON2C(=O)CCC2=O)[C@H]1O5. The largest absolute Gasteiger partial charge is 0.504 e. The van der Waals surface area contributed by atoms with Crippen molar-refractivity contribution in [2.24, 2.45) is 5.92 Å². The first-order valence-corrected chi connectivity index (χ1v) is 12.8. The number of hydrogen-bond donors (Lipinski definition) is 1. The van der Waals surface area contributed by atoms with E-state index in [1.807, 2.05) is 6.07 Å². The number of rotatable bonds is 6. The third-order valence-corrected chi connectivity index (χ3v) is 8.72.